The van der Waals surface area contributed by atoms with Crippen LogP contribution >= 0.6 is 0 Å². The van der Waals surface area contributed by atoms with E-state index in [9.17, 15) is 9.59 Å². The van der Waals surface area contributed by atoms with E-state index in [4.69, 9.17) is 9.15 Å². The zero-order chi connectivity index (χ0) is 18.4. The normalized spacial score (nSPS) is 15.7. The Morgan fingerprint density at radius 1 is 1.42 bits per heavy atom. The lowest BCUT2D eigenvalue weighted by molar-refractivity contribution is -0.150. The fraction of sp³-hybridized carbons (Fsp3) is 0.526. The quantitative estimate of drug-likeness (QED) is 0.708. The maximum absolute atomic E-state index is 12.9. The molecule has 0 aliphatic heterocycles. The molecule has 1 fully saturated rings. The summed E-state index contributed by atoms with van der Waals surface area (Å²) in [7, 11) is 0. The van der Waals surface area contributed by atoms with Crippen LogP contribution in [0.2, 0.25) is 0 Å². The summed E-state index contributed by atoms with van der Waals surface area (Å²) in [6, 6.07) is 2.54. The van der Waals surface area contributed by atoms with Crippen LogP contribution < -0.4 is 0 Å². The SMILES string of the molecule is CC[C@@H](C(=O)OCC1CCCC1)N(Cc1ccco1)C(=O)n1ccnc1. The van der Waals surface area contributed by atoms with E-state index in [1.54, 1.807) is 24.6 Å². The minimum absolute atomic E-state index is 0.195. The minimum Gasteiger partial charge on any atom is -0.467 e. The summed E-state index contributed by atoms with van der Waals surface area (Å²) in [6.07, 6.45) is 11.1. The van der Waals surface area contributed by atoms with Gasteiger partial charge < -0.3 is 14.1 Å². The Kier molecular flexibility index (Phi) is 6.09. The van der Waals surface area contributed by atoms with Gasteiger partial charge in [-0.05, 0) is 37.3 Å². The van der Waals surface area contributed by atoms with Crippen molar-refractivity contribution >= 4 is 12.0 Å². The average Bonchev–Trinajstić information content (AvgIpc) is 3.42. The second-order valence-corrected chi connectivity index (χ2v) is 6.66. The highest BCUT2D eigenvalue weighted by molar-refractivity contribution is 5.84. The van der Waals surface area contributed by atoms with Gasteiger partial charge in [0, 0.05) is 12.4 Å². The molecule has 7 nitrogen and oxygen atoms in total. The molecule has 0 radical (unpaired) electrons. The number of rotatable bonds is 7. The van der Waals surface area contributed by atoms with Gasteiger partial charge in [0.2, 0.25) is 0 Å². The van der Waals surface area contributed by atoms with Gasteiger partial charge >= 0.3 is 12.0 Å². The van der Waals surface area contributed by atoms with Crippen molar-refractivity contribution in [3.63, 3.8) is 0 Å². The smallest absolute Gasteiger partial charge is 0.330 e. The lowest BCUT2D eigenvalue weighted by Gasteiger charge is -2.29. The number of furan rings is 1. The number of ether oxygens (including phenoxy) is 1. The number of aromatic nitrogens is 2. The summed E-state index contributed by atoms with van der Waals surface area (Å²) >= 11 is 0. The molecule has 3 rings (SSSR count). The molecule has 2 aromatic heterocycles. The van der Waals surface area contributed by atoms with Crippen molar-refractivity contribution < 1.29 is 18.7 Å². The van der Waals surface area contributed by atoms with Gasteiger partial charge in [0.25, 0.3) is 0 Å². The molecular weight excluding hydrogens is 334 g/mol. The van der Waals surface area contributed by atoms with E-state index >= 15 is 0 Å². The highest BCUT2D eigenvalue weighted by atomic mass is 16.5. The Morgan fingerprint density at radius 2 is 2.23 bits per heavy atom. The summed E-state index contributed by atoms with van der Waals surface area (Å²) in [5, 5.41) is 0. The van der Waals surface area contributed by atoms with Gasteiger partial charge in [-0.25, -0.2) is 14.6 Å². The number of carbonyl (C=O) groups is 2. The average molecular weight is 359 g/mol. The molecular formula is C19H25N3O4. The first-order valence-electron chi connectivity index (χ1n) is 9.17. The third kappa shape index (κ3) is 4.33. The van der Waals surface area contributed by atoms with Crippen molar-refractivity contribution in [1.29, 1.82) is 0 Å². The molecule has 1 aliphatic rings. The zero-order valence-electron chi connectivity index (χ0n) is 15.0. The summed E-state index contributed by atoms with van der Waals surface area (Å²) in [5.74, 6) is 0.694. The molecule has 0 N–H and O–H groups in total. The minimum atomic E-state index is -0.670. The van der Waals surface area contributed by atoms with Crippen LogP contribution in [0.5, 0.6) is 0 Å². The second kappa shape index (κ2) is 8.69. The molecule has 0 aromatic carbocycles. The van der Waals surface area contributed by atoms with E-state index in [-0.39, 0.29) is 18.5 Å². The van der Waals surface area contributed by atoms with Crippen LogP contribution in [0.25, 0.3) is 0 Å². The summed E-state index contributed by atoms with van der Waals surface area (Å²) in [6.45, 7) is 2.50. The van der Waals surface area contributed by atoms with Gasteiger partial charge in [-0.2, -0.15) is 0 Å². The van der Waals surface area contributed by atoms with Gasteiger partial charge in [-0.1, -0.05) is 19.8 Å². The van der Waals surface area contributed by atoms with Crippen LogP contribution in [0.3, 0.4) is 0 Å². The number of hydrogen-bond acceptors (Lipinski definition) is 5. The lowest BCUT2D eigenvalue weighted by atomic mass is 10.1. The number of esters is 1. The summed E-state index contributed by atoms with van der Waals surface area (Å²) in [4.78, 5) is 31.0. The fourth-order valence-corrected chi connectivity index (χ4v) is 3.39. The predicted octanol–water partition coefficient (Wildman–Crippen LogP) is 3.46. The maximum Gasteiger partial charge on any atom is 0.330 e. The Morgan fingerprint density at radius 3 is 2.85 bits per heavy atom. The highest BCUT2D eigenvalue weighted by Crippen LogP contribution is 2.25. The van der Waals surface area contributed by atoms with E-state index in [1.807, 2.05) is 6.92 Å². The van der Waals surface area contributed by atoms with E-state index in [1.165, 1.54) is 34.8 Å². The van der Waals surface area contributed by atoms with E-state index in [0.717, 1.165) is 12.8 Å². The standard InChI is InChI=1S/C19H25N3O4/c1-2-17(18(23)26-13-15-6-3-4-7-15)22(12-16-8-5-11-25-16)19(24)21-10-9-20-14-21/h5,8-11,14-15,17H,2-4,6-7,12-13H2,1H3/t17-/m0/s1. The second-order valence-electron chi connectivity index (χ2n) is 6.66. The predicted molar refractivity (Wildman–Crippen MR) is 94.3 cm³/mol. The molecule has 0 saturated heterocycles. The highest BCUT2D eigenvalue weighted by Gasteiger charge is 2.32. The first kappa shape index (κ1) is 18.2. The molecule has 1 saturated carbocycles. The van der Waals surface area contributed by atoms with Crippen LogP contribution in [0.1, 0.15) is 44.8 Å². The molecule has 7 heteroatoms. The molecule has 0 spiro atoms. The first-order chi connectivity index (χ1) is 12.7. The van der Waals surface area contributed by atoms with Gasteiger partial charge in [0.15, 0.2) is 0 Å². The van der Waals surface area contributed by atoms with Crippen LogP contribution in [-0.2, 0) is 16.1 Å². The monoisotopic (exact) mass is 359 g/mol. The Bertz CT molecular complexity index is 690. The van der Waals surface area contributed by atoms with E-state index < -0.39 is 6.04 Å². The Labute approximate surface area is 152 Å². The number of carbonyl (C=O) groups excluding carboxylic acids is 2. The molecule has 2 heterocycles. The molecule has 1 amide bonds. The van der Waals surface area contributed by atoms with Crippen molar-refractivity contribution in [2.24, 2.45) is 5.92 Å². The van der Waals surface area contributed by atoms with E-state index in [0.29, 0.717) is 24.7 Å². The van der Waals surface area contributed by atoms with Crippen LogP contribution in [-0.4, -0.2) is 39.1 Å². The fourth-order valence-electron chi connectivity index (χ4n) is 3.39. The summed E-state index contributed by atoms with van der Waals surface area (Å²) in [5.41, 5.74) is 0. The third-order valence-corrected chi connectivity index (χ3v) is 4.85. The van der Waals surface area contributed by atoms with Crippen LogP contribution in [0.4, 0.5) is 4.79 Å². The van der Waals surface area contributed by atoms with Crippen molar-refractivity contribution in [3.05, 3.63) is 42.9 Å². The van der Waals surface area contributed by atoms with Gasteiger partial charge in [0.05, 0.1) is 19.4 Å². The van der Waals surface area contributed by atoms with Crippen molar-refractivity contribution in [3.8, 4) is 0 Å². The van der Waals surface area contributed by atoms with Gasteiger partial charge in [-0.15, -0.1) is 0 Å². The third-order valence-electron chi connectivity index (χ3n) is 4.85. The molecule has 26 heavy (non-hydrogen) atoms. The Hall–Kier alpha value is -2.57. The molecule has 0 bridgehead atoms. The van der Waals surface area contributed by atoms with Crippen molar-refractivity contribution in [2.45, 2.75) is 51.6 Å². The number of imidazole rings is 1. The number of nitrogens with zero attached hydrogens (tertiary/aromatic N) is 3. The van der Waals surface area contributed by atoms with Gasteiger partial charge in [-0.3, -0.25) is 4.57 Å². The largest absolute Gasteiger partial charge is 0.467 e. The topological polar surface area (TPSA) is 77.6 Å². The summed E-state index contributed by atoms with van der Waals surface area (Å²) < 4.78 is 12.3. The molecule has 1 aliphatic carbocycles. The van der Waals surface area contributed by atoms with Crippen molar-refractivity contribution in [2.75, 3.05) is 6.61 Å². The Balaban J connectivity index is 1.73. The van der Waals surface area contributed by atoms with Crippen molar-refractivity contribution in [1.82, 2.24) is 14.5 Å². The molecule has 1 atom stereocenters. The van der Waals surface area contributed by atoms with E-state index in [2.05, 4.69) is 4.98 Å². The molecule has 2 aromatic rings. The molecule has 140 valence electrons. The van der Waals surface area contributed by atoms with Crippen LogP contribution in [0, 0.1) is 5.92 Å². The number of amides is 1. The zero-order valence-corrected chi connectivity index (χ0v) is 15.0. The first-order valence-corrected chi connectivity index (χ1v) is 9.17. The van der Waals surface area contributed by atoms with Crippen LogP contribution in [0.15, 0.2) is 41.5 Å². The van der Waals surface area contributed by atoms with Gasteiger partial charge in [0.1, 0.15) is 18.1 Å². The number of hydrogen-bond donors (Lipinski definition) is 0. The molecule has 0 unspecified atom stereocenters. The maximum atomic E-state index is 12.9. The lowest BCUT2D eigenvalue weighted by Crippen LogP contribution is -2.46.